The summed E-state index contributed by atoms with van der Waals surface area (Å²) < 4.78 is 0. The number of pyridine rings is 1. The predicted molar refractivity (Wildman–Crippen MR) is 88.8 cm³/mol. The van der Waals surface area contributed by atoms with Crippen LogP contribution >= 0.6 is 11.6 Å². The number of halogens is 1. The van der Waals surface area contributed by atoms with Crippen LogP contribution in [0.15, 0.2) is 54.9 Å². The highest BCUT2D eigenvalue weighted by atomic mass is 35.5. The van der Waals surface area contributed by atoms with E-state index in [0.717, 1.165) is 10.4 Å². The zero-order valence-electron chi connectivity index (χ0n) is 12.1. The number of aromatic nitrogens is 1. The van der Waals surface area contributed by atoms with Crippen molar-refractivity contribution in [3.8, 4) is 0 Å². The van der Waals surface area contributed by atoms with Crippen molar-refractivity contribution in [2.45, 2.75) is 13.0 Å². The molecule has 106 valence electrons. The van der Waals surface area contributed by atoms with E-state index in [1.807, 2.05) is 31.6 Å². The summed E-state index contributed by atoms with van der Waals surface area (Å²) in [6, 6.07) is 14.6. The topological polar surface area (TPSA) is 24.9 Å². The van der Waals surface area contributed by atoms with Crippen LogP contribution in [0.2, 0.25) is 5.02 Å². The molecule has 0 spiro atoms. The summed E-state index contributed by atoms with van der Waals surface area (Å²) in [6.07, 6.45) is 3.74. The summed E-state index contributed by atoms with van der Waals surface area (Å²) in [7, 11) is 1.98. The van der Waals surface area contributed by atoms with E-state index < -0.39 is 0 Å². The van der Waals surface area contributed by atoms with Crippen LogP contribution in [0.25, 0.3) is 10.8 Å². The van der Waals surface area contributed by atoms with Crippen LogP contribution in [0.3, 0.4) is 0 Å². The first kappa shape index (κ1) is 14.1. The molecule has 2 nitrogen and oxygen atoms in total. The Hall–Kier alpha value is -1.90. The van der Waals surface area contributed by atoms with E-state index in [-0.39, 0.29) is 6.04 Å². The molecule has 1 unspecified atom stereocenters. The molecule has 0 radical (unpaired) electrons. The molecule has 0 aliphatic rings. The van der Waals surface area contributed by atoms with Crippen LogP contribution in [-0.4, -0.2) is 12.0 Å². The largest absolute Gasteiger partial charge is 0.309 e. The molecule has 0 aliphatic heterocycles. The standard InChI is InChI=1S/C18H17ClN2/c1-12-10-14(19)6-7-15(12)18(20-2)17-5-3-4-13-11-21-9-8-16(13)17/h3-11,18,20H,1-2H3. The van der Waals surface area contributed by atoms with Crippen LogP contribution in [0, 0.1) is 6.92 Å². The monoisotopic (exact) mass is 296 g/mol. The summed E-state index contributed by atoms with van der Waals surface area (Å²) in [5.74, 6) is 0. The van der Waals surface area contributed by atoms with Gasteiger partial charge in [0.15, 0.2) is 0 Å². The Labute approximate surface area is 129 Å². The molecule has 0 amide bonds. The van der Waals surface area contributed by atoms with Crippen molar-refractivity contribution in [1.82, 2.24) is 10.3 Å². The molecule has 1 N–H and O–H groups in total. The second-order valence-electron chi connectivity index (χ2n) is 5.17. The van der Waals surface area contributed by atoms with Gasteiger partial charge in [-0.25, -0.2) is 0 Å². The van der Waals surface area contributed by atoms with Crippen molar-refractivity contribution in [2.24, 2.45) is 0 Å². The van der Waals surface area contributed by atoms with Crippen molar-refractivity contribution in [3.63, 3.8) is 0 Å². The minimum absolute atomic E-state index is 0.133. The lowest BCUT2D eigenvalue weighted by Gasteiger charge is -2.21. The van der Waals surface area contributed by atoms with Gasteiger partial charge in [-0.2, -0.15) is 0 Å². The van der Waals surface area contributed by atoms with E-state index in [4.69, 9.17) is 11.6 Å². The number of fused-ring (bicyclic) bond motifs is 1. The molecule has 1 heterocycles. The summed E-state index contributed by atoms with van der Waals surface area (Å²) in [6.45, 7) is 2.10. The lowest BCUT2D eigenvalue weighted by Crippen LogP contribution is -2.19. The van der Waals surface area contributed by atoms with Gasteiger partial charge in [0.2, 0.25) is 0 Å². The summed E-state index contributed by atoms with van der Waals surface area (Å²) in [5.41, 5.74) is 3.68. The fourth-order valence-electron chi connectivity index (χ4n) is 2.84. The number of rotatable bonds is 3. The molecular formula is C18H17ClN2. The molecule has 0 bridgehead atoms. The van der Waals surface area contributed by atoms with Crippen molar-refractivity contribution in [2.75, 3.05) is 7.05 Å². The van der Waals surface area contributed by atoms with E-state index in [1.54, 1.807) is 0 Å². The first-order valence-electron chi connectivity index (χ1n) is 6.96. The van der Waals surface area contributed by atoms with E-state index in [1.165, 1.54) is 22.1 Å². The number of aryl methyl sites for hydroxylation is 1. The number of nitrogens with zero attached hydrogens (tertiary/aromatic N) is 1. The Kier molecular flexibility index (Phi) is 3.91. The number of hydrogen-bond donors (Lipinski definition) is 1. The first-order chi connectivity index (χ1) is 10.2. The van der Waals surface area contributed by atoms with Crippen molar-refractivity contribution >= 4 is 22.4 Å². The van der Waals surface area contributed by atoms with Crippen molar-refractivity contribution < 1.29 is 0 Å². The zero-order chi connectivity index (χ0) is 14.8. The Morgan fingerprint density at radius 1 is 1.10 bits per heavy atom. The maximum Gasteiger partial charge on any atom is 0.0583 e. The highest BCUT2D eigenvalue weighted by molar-refractivity contribution is 6.30. The van der Waals surface area contributed by atoms with Gasteiger partial charge in [0.1, 0.15) is 0 Å². The Balaban J connectivity index is 2.18. The number of nitrogens with one attached hydrogen (secondary N) is 1. The molecule has 3 heteroatoms. The zero-order valence-corrected chi connectivity index (χ0v) is 12.9. The van der Waals surface area contributed by atoms with Gasteiger partial charge < -0.3 is 5.32 Å². The third-order valence-electron chi connectivity index (χ3n) is 3.86. The van der Waals surface area contributed by atoms with Gasteiger partial charge in [-0.05, 0) is 54.2 Å². The van der Waals surface area contributed by atoms with Gasteiger partial charge >= 0.3 is 0 Å². The van der Waals surface area contributed by atoms with Gasteiger partial charge in [0, 0.05) is 22.8 Å². The molecule has 0 aliphatic carbocycles. The molecule has 3 rings (SSSR count). The SMILES string of the molecule is CNC(c1ccc(Cl)cc1C)c1cccc2cnccc12. The predicted octanol–water partition coefficient (Wildman–Crippen LogP) is 4.51. The smallest absolute Gasteiger partial charge is 0.0583 e. The van der Waals surface area contributed by atoms with Gasteiger partial charge in [-0.15, -0.1) is 0 Å². The molecule has 0 saturated carbocycles. The highest BCUT2D eigenvalue weighted by Crippen LogP contribution is 2.31. The second-order valence-corrected chi connectivity index (χ2v) is 5.60. The minimum Gasteiger partial charge on any atom is -0.309 e. The maximum absolute atomic E-state index is 6.08. The molecule has 3 aromatic rings. The molecule has 0 saturated heterocycles. The van der Waals surface area contributed by atoms with Crippen LogP contribution in [0.5, 0.6) is 0 Å². The minimum atomic E-state index is 0.133. The van der Waals surface area contributed by atoms with Crippen LogP contribution in [-0.2, 0) is 0 Å². The normalized spacial score (nSPS) is 12.5. The lowest BCUT2D eigenvalue weighted by molar-refractivity contribution is 0.692. The van der Waals surface area contributed by atoms with E-state index >= 15 is 0 Å². The number of hydrogen-bond acceptors (Lipinski definition) is 2. The molecule has 0 fully saturated rings. The van der Waals surface area contributed by atoms with Gasteiger partial charge in [0.05, 0.1) is 6.04 Å². The lowest BCUT2D eigenvalue weighted by atomic mass is 9.92. The summed E-state index contributed by atoms with van der Waals surface area (Å²) in [4.78, 5) is 4.20. The molecular weight excluding hydrogens is 280 g/mol. The average molecular weight is 297 g/mol. The van der Waals surface area contributed by atoms with Gasteiger partial charge in [-0.3, -0.25) is 4.98 Å². The quantitative estimate of drug-likeness (QED) is 0.769. The fourth-order valence-corrected chi connectivity index (χ4v) is 3.07. The molecule has 1 aromatic heterocycles. The van der Waals surface area contributed by atoms with E-state index in [9.17, 15) is 0 Å². The highest BCUT2D eigenvalue weighted by Gasteiger charge is 2.16. The Morgan fingerprint density at radius 3 is 2.71 bits per heavy atom. The summed E-state index contributed by atoms with van der Waals surface area (Å²) in [5, 5.41) is 6.57. The third kappa shape index (κ3) is 2.65. The van der Waals surface area contributed by atoms with Crippen LogP contribution in [0.1, 0.15) is 22.7 Å². The fraction of sp³-hybridized carbons (Fsp3) is 0.167. The van der Waals surface area contributed by atoms with Crippen molar-refractivity contribution in [1.29, 1.82) is 0 Å². The Bertz CT molecular complexity index is 778. The average Bonchev–Trinajstić information content (AvgIpc) is 2.50. The van der Waals surface area contributed by atoms with Crippen LogP contribution < -0.4 is 5.32 Å². The second kappa shape index (κ2) is 5.84. The summed E-state index contributed by atoms with van der Waals surface area (Å²) >= 11 is 6.08. The maximum atomic E-state index is 6.08. The Morgan fingerprint density at radius 2 is 1.95 bits per heavy atom. The molecule has 21 heavy (non-hydrogen) atoms. The van der Waals surface area contributed by atoms with Crippen molar-refractivity contribution in [3.05, 3.63) is 76.6 Å². The van der Waals surface area contributed by atoms with Gasteiger partial charge in [0.25, 0.3) is 0 Å². The van der Waals surface area contributed by atoms with E-state index in [0.29, 0.717) is 0 Å². The first-order valence-corrected chi connectivity index (χ1v) is 7.34. The van der Waals surface area contributed by atoms with Gasteiger partial charge in [-0.1, -0.05) is 35.9 Å². The van der Waals surface area contributed by atoms with Crippen LogP contribution in [0.4, 0.5) is 0 Å². The third-order valence-corrected chi connectivity index (χ3v) is 4.09. The number of benzene rings is 2. The molecule has 2 aromatic carbocycles. The molecule has 1 atom stereocenters. The van der Waals surface area contributed by atoms with E-state index in [2.05, 4.69) is 47.6 Å².